The van der Waals surface area contributed by atoms with Crippen LogP contribution in [0, 0.1) is 12.3 Å². The molecule has 11 heteroatoms. The van der Waals surface area contributed by atoms with E-state index in [9.17, 15) is 31.2 Å². The maximum atomic E-state index is 14.8. The molecule has 7 nitrogen and oxygen atoms in total. The summed E-state index contributed by atoms with van der Waals surface area (Å²) in [7, 11) is -4.85. The van der Waals surface area contributed by atoms with Crippen molar-refractivity contribution in [2.45, 2.75) is 56.8 Å². The number of aryl methyl sites for hydroxylation is 1. The second-order valence-electron chi connectivity index (χ2n) is 9.40. The topological polar surface area (TPSA) is 96.7 Å². The smallest absolute Gasteiger partial charge is 0.421 e. The zero-order valence-corrected chi connectivity index (χ0v) is 19.5. The first-order valence-electron chi connectivity index (χ1n) is 10.5. The molecular weight excluding hydrogens is 473 g/mol. The highest BCUT2D eigenvalue weighted by atomic mass is 32.2. The van der Waals surface area contributed by atoms with Gasteiger partial charge in [0.1, 0.15) is 5.76 Å². The average molecular weight is 497 g/mol. The van der Waals surface area contributed by atoms with E-state index in [1.54, 1.807) is 25.5 Å². The van der Waals surface area contributed by atoms with Crippen LogP contribution in [0.3, 0.4) is 0 Å². The molecule has 1 aromatic heterocycles. The number of halogens is 3. The summed E-state index contributed by atoms with van der Waals surface area (Å²) in [5, 5.41) is 0. The predicted molar refractivity (Wildman–Crippen MR) is 115 cm³/mol. The van der Waals surface area contributed by atoms with E-state index in [0.717, 1.165) is 17.0 Å². The molecule has 1 aliphatic carbocycles. The van der Waals surface area contributed by atoms with E-state index in [-0.39, 0.29) is 30.8 Å². The highest BCUT2D eigenvalue weighted by Crippen LogP contribution is 2.52. The third-order valence-electron chi connectivity index (χ3n) is 6.06. The third-order valence-corrected chi connectivity index (χ3v) is 7.52. The number of carbonyl (C=O) groups is 2. The summed E-state index contributed by atoms with van der Waals surface area (Å²) in [6.45, 7) is 4.72. The number of benzene rings is 1. The minimum atomic E-state index is -5.43. The van der Waals surface area contributed by atoms with Crippen LogP contribution in [-0.4, -0.2) is 36.7 Å². The van der Waals surface area contributed by atoms with Crippen molar-refractivity contribution in [2.75, 3.05) is 0 Å². The lowest BCUT2D eigenvalue weighted by Crippen LogP contribution is -2.66. The van der Waals surface area contributed by atoms with E-state index in [2.05, 4.69) is 0 Å². The third kappa shape index (κ3) is 3.86. The average Bonchev–Trinajstić information content (AvgIpc) is 3.28. The molecule has 182 valence electrons. The minimum Gasteiger partial charge on any atom is -0.467 e. The fourth-order valence-corrected chi connectivity index (χ4v) is 5.82. The molecule has 4 rings (SSSR count). The first-order chi connectivity index (χ1) is 15.7. The molecule has 34 heavy (non-hydrogen) atoms. The van der Waals surface area contributed by atoms with Gasteiger partial charge in [-0.1, -0.05) is 31.5 Å². The zero-order valence-electron chi connectivity index (χ0n) is 18.7. The molecule has 1 aromatic carbocycles. The summed E-state index contributed by atoms with van der Waals surface area (Å²) in [6, 6.07) is 8.12. The monoisotopic (exact) mass is 496 g/mol. The molecule has 1 atom stereocenters. The SMILES string of the molecule is Cc1ccc(S(=O)(=O)N[C@]2(C(F)(F)F)C(=O)N(Cc3ccco3)C3=C2C(=O)CC(C)(C)C3)cc1. The van der Waals surface area contributed by atoms with Crippen molar-refractivity contribution in [2.24, 2.45) is 5.41 Å². The number of Topliss-reactive ketones (excluding diaryl/α,β-unsaturated/α-hetero) is 1. The van der Waals surface area contributed by atoms with Crippen LogP contribution in [0.2, 0.25) is 0 Å². The van der Waals surface area contributed by atoms with Gasteiger partial charge in [0.2, 0.25) is 15.6 Å². The molecule has 1 aliphatic heterocycles. The van der Waals surface area contributed by atoms with Crippen LogP contribution in [0.1, 0.15) is 38.0 Å². The summed E-state index contributed by atoms with van der Waals surface area (Å²) in [4.78, 5) is 27.0. The molecule has 0 unspecified atom stereocenters. The maximum Gasteiger partial charge on any atom is 0.421 e. The van der Waals surface area contributed by atoms with Gasteiger partial charge in [0, 0.05) is 12.1 Å². The molecule has 2 aliphatic rings. The normalized spacial score (nSPS) is 22.9. The van der Waals surface area contributed by atoms with Crippen LogP contribution >= 0.6 is 0 Å². The number of carbonyl (C=O) groups excluding carboxylic acids is 2. The van der Waals surface area contributed by atoms with Crippen molar-refractivity contribution in [3.63, 3.8) is 0 Å². The van der Waals surface area contributed by atoms with Gasteiger partial charge < -0.3 is 9.32 Å². The quantitative estimate of drug-likeness (QED) is 0.678. The fraction of sp³-hybridized carbons (Fsp3) is 0.391. The number of ketones is 1. The molecule has 0 bridgehead atoms. The second kappa shape index (κ2) is 7.81. The number of nitrogens with one attached hydrogen (secondary N) is 1. The van der Waals surface area contributed by atoms with Gasteiger partial charge in [0.25, 0.3) is 5.91 Å². The summed E-state index contributed by atoms with van der Waals surface area (Å²) in [5.74, 6) is -2.32. The highest BCUT2D eigenvalue weighted by molar-refractivity contribution is 7.89. The van der Waals surface area contributed by atoms with Gasteiger partial charge in [-0.15, -0.1) is 0 Å². The summed E-state index contributed by atoms with van der Waals surface area (Å²) >= 11 is 0. The molecule has 0 spiro atoms. The largest absolute Gasteiger partial charge is 0.467 e. The Kier molecular flexibility index (Phi) is 5.56. The molecule has 2 heterocycles. The highest BCUT2D eigenvalue weighted by Gasteiger charge is 2.72. The van der Waals surface area contributed by atoms with Gasteiger partial charge in [-0.2, -0.15) is 17.9 Å². The van der Waals surface area contributed by atoms with Crippen molar-refractivity contribution in [1.29, 1.82) is 0 Å². The van der Waals surface area contributed by atoms with Crippen LogP contribution in [-0.2, 0) is 26.2 Å². The van der Waals surface area contributed by atoms with Crippen molar-refractivity contribution in [3.8, 4) is 0 Å². The molecule has 0 fully saturated rings. The van der Waals surface area contributed by atoms with Crippen LogP contribution < -0.4 is 4.72 Å². The molecule has 0 saturated carbocycles. The molecule has 2 aromatic rings. The molecular formula is C23H23F3N2O5S. The van der Waals surface area contributed by atoms with Gasteiger partial charge in [0.05, 0.1) is 23.3 Å². The number of alkyl halides is 3. The van der Waals surface area contributed by atoms with E-state index >= 15 is 0 Å². The van der Waals surface area contributed by atoms with Gasteiger partial charge in [0.15, 0.2) is 5.78 Å². The standard InChI is InChI=1S/C23H23F3N2O5S/c1-14-6-8-16(9-7-14)34(31,32)27-22(23(24,25)26)19-17(11-21(2,3)12-18(19)29)28(20(22)30)13-15-5-4-10-33-15/h4-10,27H,11-13H2,1-3H3/t22-/m0/s1. The van der Waals surface area contributed by atoms with E-state index in [1.165, 1.54) is 30.5 Å². The Morgan fingerprint density at radius 3 is 2.29 bits per heavy atom. The van der Waals surface area contributed by atoms with Crippen molar-refractivity contribution in [1.82, 2.24) is 9.62 Å². The van der Waals surface area contributed by atoms with Crippen LogP contribution in [0.4, 0.5) is 13.2 Å². The van der Waals surface area contributed by atoms with Gasteiger partial charge in [-0.3, -0.25) is 9.59 Å². The molecule has 0 radical (unpaired) electrons. The van der Waals surface area contributed by atoms with Crippen molar-refractivity contribution in [3.05, 3.63) is 65.3 Å². The van der Waals surface area contributed by atoms with Gasteiger partial charge >= 0.3 is 6.18 Å². The number of allylic oxidation sites excluding steroid dienone is 1. The maximum absolute atomic E-state index is 14.8. The first kappa shape index (κ1) is 24.2. The molecule has 0 saturated heterocycles. The zero-order chi connectivity index (χ0) is 25.1. The first-order valence-corrected chi connectivity index (χ1v) is 11.9. The van der Waals surface area contributed by atoms with Crippen LogP contribution in [0.15, 0.2) is 63.2 Å². The molecule has 1 N–H and O–H groups in total. The van der Waals surface area contributed by atoms with E-state index < -0.39 is 49.3 Å². The Labute approximate surface area is 194 Å². The lowest BCUT2D eigenvalue weighted by Gasteiger charge is -2.35. The van der Waals surface area contributed by atoms with Crippen molar-refractivity contribution >= 4 is 21.7 Å². The summed E-state index contributed by atoms with van der Waals surface area (Å²) < 4.78 is 77.4. The Bertz CT molecular complexity index is 1280. The van der Waals surface area contributed by atoms with E-state index in [1.807, 2.05) is 0 Å². The number of hydrogen-bond donors (Lipinski definition) is 1. The minimum absolute atomic E-state index is 0.0232. The van der Waals surface area contributed by atoms with E-state index in [4.69, 9.17) is 4.42 Å². The number of amides is 1. The Morgan fingerprint density at radius 1 is 1.09 bits per heavy atom. The lowest BCUT2D eigenvalue weighted by atomic mass is 9.72. The Balaban J connectivity index is 1.92. The lowest BCUT2D eigenvalue weighted by molar-refractivity contribution is -0.189. The van der Waals surface area contributed by atoms with Gasteiger partial charge in [-0.25, -0.2) is 8.42 Å². The number of sulfonamides is 1. The number of rotatable bonds is 5. The second-order valence-corrected chi connectivity index (χ2v) is 11.1. The summed E-state index contributed by atoms with van der Waals surface area (Å²) in [5.41, 5.74) is -4.79. The Hall–Kier alpha value is -2.92. The number of hydrogen-bond acceptors (Lipinski definition) is 5. The fourth-order valence-electron chi connectivity index (χ4n) is 4.50. The van der Waals surface area contributed by atoms with Crippen LogP contribution in [0.25, 0.3) is 0 Å². The van der Waals surface area contributed by atoms with Gasteiger partial charge in [-0.05, 0) is 43.0 Å². The molecule has 1 amide bonds. The van der Waals surface area contributed by atoms with Crippen molar-refractivity contribution < 1.29 is 35.6 Å². The number of furan rings is 1. The van der Waals surface area contributed by atoms with Crippen LogP contribution in [0.5, 0.6) is 0 Å². The summed E-state index contributed by atoms with van der Waals surface area (Å²) in [6.07, 6.45) is -4.42. The Morgan fingerprint density at radius 2 is 1.74 bits per heavy atom. The number of nitrogens with zero attached hydrogens (tertiary/aromatic N) is 1. The van der Waals surface area contributed by atoms with E-state index in [0.29, 0.717) is 5.56 Å². The predicted octanol–water partition coefficient (Wildman–Crippen LogP) is 3.85.